The fraction of sp³-hybridized carbons (Fsp3) is 0.688. The maximum atomic E-state index is 12.3. The van der Waals surface area contributed by atoms with Crippen LogP contribution in [0.15, 0.2) is 4.79 Å². The number of hydrogen-bond donors (Lipinski definition) is 1. The Kier molecular flexibility index (Phi) is 4.49. The molecule has 0 amide bonds. The third-order valence-electron chi connectivity index (χ3n) is 4.88. The number of aryl methyl sites for hydroxylation is 1. The van der Waals surface area contributed by atoms with Crippen LogP contribution in [0.4, 0.5) is 0 Å². The van der Waals surface area contributed by atoms with Gasteiger partial charge in [-0.15, -0.1) is 0 Å². The molecule has 1 aromatic rings. The van der Waals surface area contributed by atoms with Gasteiger partial charge in [-0.3, -0.25) is 9.36 Å². The van der Waals surface area contributed by atoms with Crippen molar-refractivity contribution >= 4 is 5.97 Å². The summed E-state index contributed by atoms with van der Waals surface area (Å²) < 4.78 is 1.76. The minimum atomic E-state index is -0.821. The molecule has 1 aliphatic carbocycles. The third kappa shape index (κ3) is 3.01. The van der Waals surface area contributed by atoms with Crippen molar-refractivity contribution in [1.82, 2.24) is 9.55 Å². The zero-order chi connectivity index (χ0) is 15.7. The number of carboxylic acid groups (broad SMARTS) is 1. The van der Waals surface area contributed by atoms with E-state index in [1.165, 1.54) is 6.42 Å². The van der Waals surface area contributed by atoms with Crippen LogP contribution < -0.4 is 5.69 Å². The monoisotopic (exact) mass is 292 g/mol. The first-order chi connectivity index (χ1) is 9.82. The van der Waals surface area contributed by atoms with Crippen molar-refractivity contribution < 1.29 is 9.90 Å². The highest BCUT2D eigenvalue weighted by atomic mass is 16.4. The molecule has 0 aromatic carbocycles. The number of aromatic nitrogens is 2. The maximum absolute atomic E-state index is 12.3. The lowest BCUT2D eigenvalue weighted by atomic mass is 9.80. The van der Waals surface area contributed by atoms with Gasteiger partial charge in [0.15, 0.2) is 0 Å². The normalized spacial score (nSPS) is 18.1. The van der Waals surface area contributed by atoms with Gasteiger partial charge in [0.05, 0.1) is 5.92 Å². The molecule has 1 N–H and O–H groups in total. The summed E-state index contributed by atoms with van der Waals surface area (Å²) in [5.74, 6) is -0.761. The topological polar surface area (TPSA) is 72.2 Å². The first-order valence-corrected chi connectivity index (χ1v) is 7.64. The Morgan fingerprint density at radius 1 is 1.38 bits per heavy atom. The summed E-state index contributed by atoms with van der Waals surface area (Å²) in [4.78, 5) is 27.5. The van der Waals surface area contributed by atoms with Gasteiger partial charge in [-0.25, -0.2) is 4.79 Å². The van der Waals surface area contributed by atoms with Gasteiger partial charge in [0.2, 0.25) is 0 Å². The van der Waals surface area contributed by atoms with Crippen molar-refractivity contribution in [3.05, 3.63) is 27.4 Å². The number of carboxylic acids is 1. The third-order valence-corrected chi connectivity index (χ3v) is 4.88. The molecule has 1 saturated carbocycles. The molecular formula is C16H24N2O3. The van der Waals surface area contributed by atoms with E-state index in [9.17, 15) is 9.59 Å². The summed E-state index contributed by atoms with van der Waals surface area (Å²) in [5, 5.41) is 9.10. The van der Waals surface area contributed by atoms with Gasteiger partial charge in [-0.2, -0.15) is 4.98 Å². The first kappa shape index (κ1) is 15.7. The second-order valence-electron chi connectivity index (χ2n) is 6.29. The fourth-order valence-corrected chi connectivity index (χ4v) is 3.12. The Morgan fingerprint density at radius 2 is 2.00 bits per heavy atom. The zero-order valence-electron chi connectivity index (χ0n) is 13.2. The summed E-state index contributed by atoms with van der Waals surface area (Å²) in [6, 6.07) is 0.137. The van der Waals surface area contributed by atoms with E-state index in [4.69, 9.17) is 5.11 Å². The van der Waals surface area contributed by atoms with Gasteiger partial charge in [0.1, 0.15) is 0 Å². The molecule has 1 aliphatic rings. The molecule has 5 nitrogen and oxygen atoms in total. The lowest BCUT2D eigenvalue weighted by Crippen LogP contribution is -2.35. The van der Waals surface area contributed by atoms with Crippen LogP contribution in [-0.2, 0) is 11.2 Å². The molecule has 1 aromatic heterocycles. The van der Waals surface area contributed by atoms with Crippen LogP contribution in [0, 0.1) is 25.7 Å². The number of hydrogen-bond acceptors (Lipinski definition) is 3. The van der Waals surface area contributed by atoms with Crippen LogP contribution in [-0.4, -0.2) is 20.6 Å². The smallest absolute Gasteiger partial charge is 0.348 e. The Bertz CT molecular complexity index is 602. The minimum Gasteiger partial charge on any atom is -0.481 e. The maximum Gasteiger partial charge on any atom is 0.348 e. The molecule has 0 saturated heterocycles. The highest BCUT2D eigenvalue weighted by Crippen LogP contribution is 2.36. The van der Waals surface area contributed by atoms with Gasteiger partial charge in [0.25, 0.3) is 0 Å². The van der Waals surface area contributed by atoms with E-state index in [0.717, 1.165) is 24.1 Å². The molecule has 2 atom stereocenters. The Morgan fingerprint density at radius 3 is 2.48 bits per heavy atom. The lowest BCUT2D eigenvalue weighted by molar-refractivity contribution is -0.141. The molecule has 0 radical (unpaired) electrons. The van der Waals surface area contributed by atoms with E-state index >= 15 is 0 Å². The standard InChI is InChI=1S/C16H24N2O3/c1-9(15(19)20)8-14-10(2)17-16(21)18(12(14)4)11(3)13-6-5-7-13/h9,11,13H,5-8H2,1-4H3,(H,19,20). The molecule has 2 unspecified atom stereocenters. The van der Waals surface area contributed by atoms with Crippen molar-refractivity contribution in [3.63, 3.8) is 0 Å². The van der Waals surface area contributed by atoms with E-state index < -0.39 is 11.9 Å². The molecule has 1 fully saturated rings. The van der Waals surface area contributed by atoms with Crippen LogP contribution in [0.25, 0.3) is 0 Å². The zero-order valence-corrected chi connectivity index (χ0v) is 13.2. The predicted octanol–water partition coefficient (Wildman–Crippen LogP) is 2.48. The molecule has 1 heterocycles. The second-order valence-corrected chi connectivity index (χ2v) is 6.29. The summed E-state index contributed by atoms with van der Waals surface area (Å²) in [6.07, 6.45) is 3.95. The minimum absolute atomic E-state index is 0.137. The molecule has 0 bridgehead atoms. The number of nitrogens with zero attached hydrogens (tertiary/aromatic N) is 2. The van der Waals surface area contributed by atoms with Crippen LogP contribution in [0.5, 0.6) is 0 Å². The lowest BCUT2D eigenvalue weighted by Gasteiger charge is -2.34. The van der Waals surface area contributed by atoms with Crippen molar-refractivity contribution in [3.8, 4) is 0 Å². The van der Waals surface area contributed by atoms with Gasteiger partial charge in [-0.05, 0) is 51.5 Å². The SMILES string of the molecule is Cc1nc(=O)n(C(C)C2CCC2)c(C)c1CC(C)C(=O)O. The van der Waals surface area contributed by atoms with Crippen molar-refractivity contribution in [2.45, 2.75) is 59.4 Å². The molecular weight excluding hydrogens is 268 g/mol. The van der Waals surface area contributed by atoms with Gasteiger partial charge in [0, 0.05) is 17.4 Å². The highest BCUT2D eigenvalue weighted by molar-refractivity contribution is 5.70. The average Bonchev–Trinajstić information content (AvgIpc) is 2.31. The van der Waals surface area contributed by atoms with Gasteiger partial charge < -0.3 is 5.11 Å². The Hall–Kier alpha value is -1.65. The number of carbonyl (C=O) groups is 1. The molecule has 116 valence electrons. The molecule has 0 aliphatic heterocycles. The Balaban J connectivity index is 2.41. The highest BCUT2D eigenvalue weighted by Gasteiger charge is 2.28. The van der Waals surface area contributed by atoms with E-state index in [0.29, 0.717) is 18.0 Å². The Labute approximate surface area is 125 Å². The fourth-order valence-electron chi connectivity index (χ4n) is 3.12. The predicted molar refractivity (Wildman–Crippen MR) is 80.5 cm³/mol. The van der Waals surface area contributed by atoms with Crippen molar-refractivity contribution in [2.75, 3.05) is 0 Å². The largest absolute Gasteiger partial charge is 0.481 e. The first-order valence-electron chi connectivity index (χ1n) is 7.64. The van der Waals surface area contributed by atoms with E-state index in [1.807, 2.05) is 6.92 Å². The summed E-state index contributed by atoms with van der Waals surface area (Å²) >= 11 is 0. The van der Waals surface area contributed by atoms with E-state index in [1.54, 1.807) is 18.4 Å². The van der Waals surface area contributed by atoms with Crippen LogP contribution in [0.2, 0.25) is 0 Å². The van der Waals surface area contributed by atoms with Crippen LogP contribution >= 0.6 is 0 Å². The van der Waals surface area contributed by atoms with E-state index in [-0.39, 0.29) is 11.7 Å². The van der Waals surface area contributed by atoms with E-state index in [2.05, 4.69) is 11.9 Å². The number of aliphatic carboxylic acids is 1. The summed E-state index contributed by atoms with van der Waals surface area (Å²) in [6.45, 7) is 7.46. The van der Waals surface area contributed by atoms with Gasteiger partial charge >= 0.3 is 11.7 Å². The van der Waals surface area contributed by atoms with Crippen molar-refractivity contribution in [2.24, 2.45) is 11.8 Å². The second kappa shape index (κ2) is 6.00. The summed E-state index contributed by atoms with van der Waals surface area (Å²) in [7, 11) is 0. The molecule has 2 rings (SSSR count). The number of rotatable bonds is 5. The quantitative estimate of drug-likeness (QED) is 0.905. The van der Waals surface area contributed by atoms with Crippen LogP contribution in [0.1, 0.15) is 56.1 Å². The molecule has 0 spiro atoms. The van der Waals surface area contributed by atoms with Gasteiger partial charge in [-0.1, -0.05) is 13.3 Å². The molecule has 21 heavy (non-hydrogen) atoms. The van der Waals surface area contributed by atoms with Crippen LogP contribution in [0.3, 0.4) is 0 Å². The average molecular weight is 292 g/mol. The molecule has 5 heteroatoms. The summed E-state index contributed by atoms with van der Waals surface area (Å²) in [5.41, 5.74) is 2.22. The van der Waals surface area contributed by atoms with Crippen molar-refractivity contribution in [1.29, 1.82) is 0 Å².